The summed E-state index contributed by atoms with van der Waals surface area (Å²) in [6.07, 6.45) is 0. The number of aromatic nitrogens is 1. The highest BCUT2D eigenvalue weighted by atomic mass is 32.1. The van der Waals surface area contributed by atoms with Gasteiger partial charge in [0, 0.05) is 16.6 Å². The van der Waals surface area contributed by atoms with E-state index >= 15 is 0 Å². The quantitative estimate of drug-likeness (QED) is 0.373. The number of nitrogens with one attached hydrogen (secondary N) is 1. The average Bonchev–Trinajstić information content (AvgIpc) is 3.32. The predicted octanol–water partition coefficient (Wildman–Crippen LogP) is 6.18. The number of aryl methyl sites for hydroxylation is 1. The molecular formula is C24H18N2O3S. The van der Waals surface area contributed by atoms with E-state index in [2.05, 4.69) is 10.3 Å². The Bertz CT molecular complexity index is 1360. The first-order valence-electron chi connectivity index (χ1n) is 9.54. The third-order valence-corrected chi connectivity index (χ3v) is 5.72. The summed E-state index contributed by atoms with van der Waals surface area (Å²) >= 11 is 1.60. The minimum absolute atomic E-state index is 0.233. The SMILES string of the molecule is Cc1nc2ccc(NC(=O)c3oc4ccccc4c3COc3ccccc3)cc2s1. The maximum Gasteiger partial charge on any atom is 0.291 e. The Morgan fingerprint density at radius 3 is 2.73 bits per heavy atom. The van der Waals surface area contributed by atoms with Gasteiger partial charge in [0.1, 0.15) is 17.9 Å². The van der Waals surface area contributed by atoms with Crippen LogP contribution >= 0.6 is 11.3 Å². The standard InChI is InChI=1S/C24H18N2O3S/c1-15-25-20-12-11-16(13-22(20)30-15)26-24(27)23-19(14-28-17-7-3-2-4-8-17)18-9-5-6-10-21(18)29-23/h2-13H,14H2,1H3,(H,26,27). The summed E-state index contributed by atoms with van der Waals surface area (Å²) in [5.41, 5.74) is 3.01. The summed E-state index contributed by atoms with van der Waals surface area (Å²) in [6, 6.07) is 22.8. The third kappa shape index (κ3) is 3.53. The number of rotatable bonds is 5. The van der Waals surface area contributed by atoms with Crippen molar-refractivity contribution in [1.29, 1.82) is 0 Å². The predicted molar refractivity (Wildman–Crippen MR) is 119 cm³/mol. The third-order valence-electron chi connectivity index (χ3n) is 4.78. The van der Waals surface area contributed by atoms with Gasteiger partial charge in [-0.05, 0) is 43.3 Å². The minimum atomic E-state index is -0.307. The summed E-state index contributed by atoms with van der Waals surface area (Å²) in [5, 5.41) is 4.81. The molecule has 148 valence electrons. The van der Waals surface area contributed by atoms with Crippen molar-refractivity contribution < 1.29 is 13.9 Å². The molecule has 0 fully saturated rings. The lowest BCUT2D eigenvalue weighted by Gasteiger charge is -2.08. The van der Waals surface area contributed by atoms with E-state index in [1.807, 2.05) is 79.7 Å². The Hall–Kier alpha value is -3.64. The van der Waals surface area contributed by atoms with Crippen LogP contribution in [0.1, 0.15) is 21.1 Å². The number of thiazole rings is 1. The number of carbonyl (C=O) groups excluding carboxylic acids is 1. The molecule has 0 saturated heterocycles. The molecule has 5 nitrogen and oxygen atoms in total. The summed E-state index contributed by atoms with van der Waals surface area (Å²) in [6.45, 7) is 2.20. The fraction of sp³-hybridized carbons (Fsp3) is 0.0833. The van der Waals surface area contributed by atoms with Crippen molar-refractivity contribution in [1.82, 2.24) is 4.98 Å². The highest BCUT2D eigenvalue weighted by molar-refractivity contribution is 7.18. The summed E-state index contributed by atoms with van der Waals surface area (Å²) in [4.78, 5) is 17.5. The number of hydrogen-bond acceptors (Lipinski definition) is 5. The Morgan fingerprint density at radius 2 is 1.87 bits per heavy atom. The van der Waals surface area contributed by atoms with Gasteiger partial charge in [-0.25, -0.2) is 4.98 Å². The van der Waals surface area contributed by atoms with Gasteiger partial charge in [-0.2, -0.15) is 0 Å². The Labute approximate surface area is 176 Å². The largest absolute Gasteiger partial charge is 0.489 e. The maximum atomic E-state index is 13.1. The van der Waals surface area contributed by atoms with Crippen molar-refractivity contribution in [2.24, 2.45) is 0 Å². The molecule has 2 heterocycles. The molecular weight excluding hydrogens is 396 g/mol. The second kappa shape index (κ2) is 7.65. The first kappa shape index (κ1) is 18.4. The molecule has 30 heavy (non-hydrogen) atoms. The monoisotopic (exact) mass is 414 g/mol. The van der Waals surface area contributed by atoms with Gasteiger partial charge in [-0.1, -0.05) is 36.4 Å². The van der Waals surface area contributed by atoms with Gasteiger partial charge in [-0.15, -0.1) is 11.3 Å². The van der Waals surface area contributed by atoms with E-state index in [4.69, 9.17) is 9.15 Å². The van der Waals surface area contributed by atoms with Gasteiger partial charge in [0.25, 0.3) is 5.91 Å². The fourth-order valence-corrected chi connectivity index (χ4v) is 4.27. The number of nitrogens with zero attached hydrogens (tertiary/aromatic N) is 1. The van der Waals surface area contributed by atoms with Crippen molar-refractivity contribution in [2.45, 2.75) is 13.5 Å². The lowest BCUT2D eigenvalue weighted by molar-refractivity contribution is 0.0995. The zero-order chi connectivity index (χ0) is 20.5. The van der Waals surface area contributed by atoms with Crippen LogP contribution in [-0.4, -0.2) is 10.9 Å². The Morgan fingerprint density at radius 1 is 1.07 bits per heavy atom. The van der Waals surface area contributed by atoms with Crippen LogP contribution in [0.5, 0.6) is 5.75 Å². The number of para-hydroxylation sites is 2. The highest BCUT2D eigenvalue weighted by Crippen LogP contribution is 2.29. The van der Waals surface area contributed by atoms with Crippen LogP contribution in [0, 0.1) is 6.92 Å². The van der Waals surface area contributed by atoms with E-state index in [9.17, 15) is 4.79 Å². The molecule has 0 radical (unpaired) electrons. The average molecular weight is 414 g/mol. The summed E-state index contributed by atoms with van der Waals surface area (Å²) in [7, 11) is 0. The molecule has 0 atom stereocenters. The molecule has 1 amide bonds. The van der Waals surface area contributed by atoms with Crippen molar-refractivity contribution in [3.63, 3.8) is 0 Å². The number of hydrogen-bond donors (Lipinski definition) is 1. The molecule has 5 rings (SSSR count). The number of benzene rings is 3. The summed E-state index contributed by atoms with van der Waals surface area (Å²) < 4.78 is 12.9. The molecule has 0 saturated carbocycles. The highest BCUT2D eigenvalue weighted by Gasteiger charge is 2.21. The molecule has 0 bridgehead atoms. The van der Waals surface area contributed by atoms with Crippen molar-refractivity contribution >= 4 is 44.1 Å². The van der Waals surface area contributed by atoms with E-state index in [1.165, 1.54) is 0 Å². The molecule has 0 unspecified atom stereocenters. The van der Waals surface area contributed by atoms with Gasteiger partial charge < -0.3 is 14.5 Å². The van der Waals surface area contributed by atoms with Crippen molar-refractivity contribution in [3.8, 4) is 5.75 Å². The molecule has 3 aromatic carbocycles. The number of ether oxygens (including phenoxy) is 1. The first-order valence-corrected chi connectivity index (χ1v) is 10.4. The number of amides is 1. The maximum absolute atomic E-state index is 13.1. The molecule has 2 aromatic heterocycles. The van der Waals surface area contributed by atoms with Crippen LogP contribution in [0.4, 0.5) is 5.69 Å². The van der Waals surface area contributed by atoms with Crippen LogP contribution in [0.15, 0.2) is 77.2 Å². The van der Waals surface area contributed by atoms with Crippen LogP contribution in [0.3, 0.4) is 0 Å². The van der Waals surface area contributed by atoms with E-state index in [1.54, 1.807) is 11.3 Å². The van der Waals surface area contributed by atoms with Crippen LogP contribution < -0.4 is 10.1 Å². The van der Waals surface area contributed by atoms with Crippen LogP contribution in [0.25, 0.3) is 21.2 Å². The molecule has 1 N–H and O–H groups in total. The zero-order valence-electron chi connectivity index (χ0n) is 16.2. The van der Waals surface area contributed by atoms with Gasteiger partial charge in [0.05, 0.1) is 15.2 Å². The molecule has 0 spiro atoms. The summed E-state index contributed by atoms with van der Waals surface area (Å²) in [5.74, 6) is 0.686. The van der Waals surface area contributed by atoms with E-state index in [0.29, 0.717) is 11.3 Å². The molecule has 0 aliphatic heterocycles. The molecule has 0 aliphatic carbocycles. The molecule has 0 aliphatic rings. The van der Waals surface area contributed by atoms with Gasteiger partial charge in [0.2, 0.25) is 0 Å². The lowest BCUT2D eigenvalue weighted by Crippen LogP contribution is -2.13. The van der Waals surface area contributed by atoms with Crippen LogP contribution in [-0.2, 0) is 6.61 Å². The van der Waals surface area contributed by atoms with Crippen molar-refractivity contribution in [2.75, 3.05) is 5.32 Å². The zero-order valence-corrected chi connectivity index (χ0v) is 17.0. The second-order valence-electron chi connectivity index (χ2n) is 6.88. The van der Waals surface area contributed by atoms with Gasteiger partial charge >= 0.3 is 0 Å². The Kier molecular flexibility index (Phi) is 4.69. The minimum Gasteiger partial charge on any atom is -0.489 e. The number of anilines is 1. The fourth-order valence-electron chi connectivity index (χ4n) is 3.40. The van der Waals surface area contributed by atoms with E-state index in [-0.39, 0.29) is 18.3 Å². The van der Waals surface area contributed by atoms with Crippen LogP contribution in [0.2, 0.25) is 0 Å². The topological polar surface area (TPSA) is 64.4 Å². The molecule has 6 heteroatoms. The second-order valence-corrected chi connectivity index (χ2v) is 8.11. The van der Waals surface area contributed by atoms with E-state index < -0.39 is 0 Å². The normalized spacial score (nSPS) is 11.1. The number of fused-ring (bicyclic) bond motifs is 2. The lowest BCUT2D eigenvalue weighted by atomic mass is 10.1. The van der Waals surface area contributed by atoms with Gasteiger partial charge in [-0.3, -0.25) is 4.79 Å². The Balaban J connectivity index is 1.46. The number of carbonyl (C=O) groups is 1. The van der Waals surface area contributed by atoms with Gasteiger partial charge in [0.15, 0.2) is 5.76 Å². The number of furan rings is 1. The van der Waals surface area contributed by atoms with E-state index in [0.717, 1.165) is 31.9 Å². The smallest absolute Gasteiger partial charge is 0.291 e. The molecule has 5 aromatic rings. The van der Waals surface area contributed by atoms with Crippen molar-refractivity contribution in [3.05, 3.63) is 89.1 Å². The first-order chi connectivity index (χ1) is 14.7.